The van der Waals surface area contributed by atoms with Crippen molar-refractivity contribution in [3.63, 3.8) is 0 Å². The number of amides is 1. The third-order valence-electron chi connectivity index (χ3n) is 3.57. The molecular formula is C18H16N2O5S2. The maximum absolute atomic E-state index is 12.1. The fraction of sp³-hybridized carbons (Fsp3) is 0.278. The number of anilines is 1. The van der Waals surface area contributed by atoms with Crippen LogP contribution in [0.2, 0.25) is 0 Å². The number of nitriles is 1. The van der Waals surface area contributed by atoms with Gasteiger partial charge in [0.15, 0.2) is 17.6 Å². The molecular weight excluding hydrogens is 388 g/mol. The zero-order valence-electron chi connectivity index (χ0n) is 14.4. The van der Waals surface area contributed by atoms with Crippen molar-refractivity contribution in [2.45, 2.75) is 17.9 Å². The first kappa shape index (κ1) is 19.1. The number of benzene rings is 1. The number of hydrogen-bond donors (Lipinski definition) is 1. The van der Waals surface area contributed by atoms with Crippen LogP contribution >= 0.6 is 23.1 Å². The fourth-order valence-electron chi connectivity index (χ4n) is 2.25. The highest BCUT2D eigenvalue weighted by molar-refractivity contribution is 8.00. The van der Waals surface area contributed by atoms with Gasteiger partial charge < -0.3 is 19.5 Å². The Kier molecular flexibility index (Phi) is 6.21. The van der Waals surface area contributed by atoms with E-state index in [0.29, 0.717) is 35.3 Å². The summed E-state index contributed by atoms with van der Waals surface area (Å²) in [5.74, 6) is 0.399. The first-order valence-corrected chi connectivity index (χ1v) is 9.93. The first-order valence-electron chi connectivity index (χ1n) is 8.07. The monoisotopic (exact) mass is 404 g/mol. The summed E-state index contributed by atoms with van der Waals surface area (Å²) in [6.07, 6.45) is -0.966. The van der Waals surface area contributed by atoms with Crippen LogP contribution in [-0.4, -0.2) is 36.9 Å². The van der Waals surface area contributed by atoms with E-state index < -0.39 is 18.0 Å². The van der Waals surface area contributed by atoms with Gasteiger partial charge in [-0.3, -0.25) is 9.59 Å². The predicted molar refractivity (Wildman–Crippen MR) is 101 cm³/mol. The number of carbonyl (C=O) groups excluding carboxylic acids is 2. The molecule has 2 heterocycles. The van der Waals surface area contributed by atoms with Crippen LogP contribution in [-0.2, 0) is 14.3 Å². The van der Waals surface area contributed by atoms with Crippen LogP contribution in [0.5, 0.6) is 11.5 Å². The number of ether oxygens (including phenoxy) is 3. The summed E-state index contributed by atoms with van der Waals surface area (Å²) in [5, 5.41) is 13.7. The van der Waals surface area contributed by atoms with E-state index in [-0.39, 0.29) is 5.75 Å². The van der Waals surface area contributed by atoms with Crippen molar-refractivity contribution < 1.29 is 23.8 Å². The molecule has 1 N–H and O–H groups in total. The maximum Gasteiger partial charge on any atom is 0.317 e. The van der Waals surface area contributed by atoms with Crippen LogP contribution in [0, 0.1) is 11.3 Å². The fourth-order valence-corrected chi connectivity index (χ4v) is 3.70. The van der Waals surface area contributed by atoms with E-state index in [4.69, 9.17) is 19.5 Å². The van der Waals surface area contributed by atoms with Gasteiger partial charge in [-0.25, -0.2) is 0 Å². The van der Waals surface area contributed by atoms with Crippen LogP contribution in [0.1, 0.15) is 12.5 Å². The molecule has 1 atom stereocenters. The van der Waals surface area contributed by atoms with Crippen molar-refractivity contribution in [2.75, 3.05) is 24.3 Å². The highest BCUT2D eigenvalue weighted by Crippen LogP contribution is 2.34. The van der Waals surface area contributed by atoms with Gasteiger partial charge in [0.2, 0.25) is 0 Å². The van der Waals surface area contributed by atoms with E-state index in [1.54, 1.807) is 17.5 Å². The molecule has 1 aliphatic rings. The van der Waals surface area contributed by atoms with Crippen molar-refractivity contribution in [1.82, 2.24) is 0 Å². The summed E-state index contributed by atoms with van der Waals surface area (Å²) < 4.78 is 16.1. The van der Waals surface area contributed by atoms with E-state index in [1.165, 1.54) is 30.0 Å². The maximum atomic E-state index is 12.1. The van der Waals surface area contributed by atoms with Crippen LogP contribution < -0.4 is 14.8 Å². The van der Waals surface area contributed by atoms with Gasteiger partial charge in [0, 0.05) is 4.90 Å². The molecule has 0 saturated carbocycles. The number of nitrogens with zero attached hydrogens (tertiary/aromatic N) is 1. The first-order chi connectivity index (χ1) is 13.1. The molecule has 0 fully saturated rings. The second kappa shape index (κ2) is 8.79. The lowest BCUT2D eigenvalue weighted by Gasteiger charge is -2.18. The molecule has 0 unspecified atom stereocenters. The van der Waals surface area contributed by atoms with E-state index in [9.17, 15) is 9.59 Å². The zero-order chi connectivity index (χ0) is 19.2. The second-order valence-electron chi connectivity index (χ2n) is 5.49. The Morgan fingerprint density at radius 3 is 2.89 bits per heavy atom. The Morgan fingerprint density at radius 2 is 2.11 bits per heavy atom. The van der Waals surface area contributed by atoms with Crippen LogP contribution in [0.15, 0.2) is 34.5 Å². The molecule has 0 spiro atoms. The van der Waals surface area contributed by atoms with Crippen molar-refractivity contribution in [1.29, 1.82) is 5.26 Å². The minimum Gasteiger partial charge on any atom is -0.486 e. The molecule has 1 aliphatic heterocycles. The molecule has 1 aromatic heterocycles. The van der Waals surface area contributed by atoms with Crippen LogP contribution in [0.3, 0.4) is 0 Å². The van der Waals surface area contributed by atoms with Crippen molar-refractivity contribution in [2.24, 2.45) is 0 Å². The Labute approximate surface area is 164 Å². The highest BCUT2D eigenvalue weighted by Gasteiger charge is 2.20. The lowest BCUT2D eigenvalue weighted by atomic mass is 10.3. The number of thioether (sulfide) groups is 1. The largest absolute Gasteiger partial charge is 0.486 e. The number of carbonyl (C=O) groups is 2. The van der Waals surface area contributed by atoms with Crippen molar-refractivity contribution >= 4 is 40.0 Å². The highest BCUT2D eigenvalue weighted by atomic mass is 32.2. The van der Waals surface area contributed by atoms with Gasteiger partial charge in [-0.05, 0) is 36.6 Å². The molecule has 7 nitrogen and oxygen atoms in total. The molecule has 1 aromatic carbocycles. The van der Waals surface area contributed by atoms with Gasteiger partial charge in [0.25, 0.3) is 5.91 Å². The predicted octanol–water partition coefficient (Wildman–Crippen LogP) is 3.05. The number of fused-ring (bicyclic) bond motifs is 1. The number of nitrogens with one attached hydrogen (secondary N) is 1. The number of hydrogen-bond acceptors (Lipinski definition) is 8. The van der Waals surface area contributed by atoms with E-state index in [1.807, 2.05) is 18.2 Å². The minimum absolute atomic E-state index is 0.0553. The van der Waals surface area contributed by atoms with Gasteiger partial charge in [0.1, 0.15) is 24.3 Å². The summed E-state index contributed by atoms with van der Waals surface area (Å²) >= 11 is 2.52. The van der Waals surface area contributed by atoms with Gasteiger partial charge in [-0.2, -0.15) is 5.26 Å². The van der Waals surface area contributed by atoms with Crippen LogP contribution in [0.4, 0.5) is 5.00 Å². The Hall–Kier alpha value is -2.70. The van der Waals surface area contributed by atoms with Gasteiger partial charge in [0.05, 0.1) is 11.3 Å². The topological polar surface area (TPSA) is 97.7 Å². The van der Waals surface area contributed by atoms with Gasteiger partial charge in [-0.15, -0.1) is 23.1 Å². The average Bonchev–Trinajstić information content (AvgIpc) is 3.13. The number of thiophene rings is 1. The summed E-state index contributed by atoms with van der Waals surface area (Å²) in [7, 11) is 0. The summed E-state index contributed by atoms with van der Waals surface area (Å²) in [6.45, 7) is 2.50. The van der Waals surface area contributed by atoms with Gasteiger partial charge in [-0.1, -0.05) is 0 Å². The third kappa shape index (κ3) is 4.93. The molecule has 9 heteroatoms. The average molecular weight is 404 g/mol. The molecule has 2 aromatic rings. The molecule has 27 heavy (non-hydrogen) atoms. The smallest absolute Gasteiger partial charge is 0.317 e. The van der Waals surface area contributed by atoms with Crippen LogP contribution in [0.25, 0.3) is 0 Å². The van der Waals surface area contributed by atoms with E-state index >= 15 is 0 Å². The standard InChI is InChI=1S/C18H16N2O5S2/c1-11(17(22)20-18-12(9-19)4-7-26-18)25-16(21)10-27-13-2-3-14-15(8-13)24-6-5-23-14/h2-4,7-8,11H,5-6,10H2,1H3,(H,20,22)/t11-/m1/s1. The Balaban J connectivity index is 1.48. The Bertz CT molecular complexity index is 890. The normalized spacial score (nSPS) is 13.3. The van der Waals surface area contributed by atoms with Crippen molar-refractivity contribution in [3.05, 3.63) is 35.2 Å². The lowest BCUT2D eigenvalue weighted by molar-refractivity contribution is -0.150. The van der Waals surface area contributed by atoms with Crippen molar-refractivity contribution in [3.8, 4) is 17.6 Å². The molecule has 0 saturated heterocycles. The molecule has 0 radical (unpaired) electrons. The minimum atomic E-state index is -0.966. The molecule has 3 rings (SSSR count). The molecule has 140 valence electrons. The SMILES string of the molecule is C[C@@H](OC(=O)CSc1ccc2c(c1)OCCO2)C(=O)Nc1sccc1C#N. The quantitative estimate of drug-likeness (QED) is 0.584. The van der Waals surface area contributed by atoms with E-state index in [0.717, 1.165) is 4.90 Å². The van der Waals surface area contributed by atoms with Gasteiger partial charge >= 0.3 is 5.97 Å². The summed E-state index contributed by atoms with van der Waals surface area (Å²) in [4.78, 5) is 25.0. The molecule has 0 bridgehead atoms. The number of rotatable bonds is 6. The summed E-state index contributed by atoms with van der Waals surface area (Å²) in [6, 6.07) is 9.04. The molecule has 1 amide bonds. The number of esters is 1. The summed E-state index contributed by atoms with van der Waals surface area (Å²) in [5.41, 5.74) is 0.376. The van der Waals surface area contributed by atoms with E-state index in [2.05, 4.69) is 5.32 Å². The molecule has 0 aliphatic carbocycles. The second-order valence-corrected chi connectivity index (χ2v) is 7.46. The zero-order valence-corrected chi connectivity index (χ0v) is 16.0. The lowest BCUT2D eigenvalue weighted by Crippen LogP contribution is -2.30. The third-order valence-corrected chi connectivity index (χ3v) is 5.37. The Morgan fingerprint density at radius 1 is 1.33 bits per heavy atom.